The van der Waals surface area contributed by atoms with E-state index >= 15 is 0 Å². The number of hydrogen-bond acceptors (Lipinski definition) is 0. The van der Waals surface area contributed by atoms with Gasteiger partial charge in [-0.1, -0.05) is 0 Å². The van der Waals surface area contributed by atoms with E-state index in [9.17, 15) is 0 Å². The van der Waals surface area contributed by atoms with Crippen LogP contribution in [0.3, 0.4) is 0 Å². The molecule has 2 bridgehead atoms. The summed E-state index contributed by atoms with van der Waals surface area (Å²) in [6, 6.07) is 0. The van der Waals surface area contributed by atoms with Crippen LogP contribution in [0.2, 0.25) is 0 Å². The molecule has 5 fully saturated rings. The number of halogens is 2. The monoisotopic (exact) mass is 160 g/mol. The van der Waals surface area contributed by atoms with Crippen LogP contribution in [0.5, 0.6) is 0 Å². The Bertz CT molecular complexity index is 203. The Morgan fingerprint density at radius 3 is 1.56 bits per heavy atom. The molecule has 5 aliphatic carbocycles. The number of alkyl halides is 2. The van der Waals surface area contributed by atoms with Gasteiger partial charge in [0.05, 0.1) is 9.75 Å². The van der Waals surface area contributed by atoms with Crippen molar-refractivity contribution in [2.24, 2.45) is 23.7 Å². The molecule has 5 saturated carbocycles. The molecule has 2 unspecified atom stereocenters. The van der Waals surface area contributed by atoms with Gasteiger partial charge in [0, 0.05) is 11.8 Å². The topological polar surface area (TPSA) is 0 Å². The normalized spacial score (nSPS) is 94.0. The Balaban J connectivity index is 2.07. The molecule has 5 aliphatic rings. The van der Waals surface area contributed by atoms with Crippen molar-refractivity contribution in [3.8, 4) is 0 Å². The van der Waals surface area contributed by atoms with Crippen LogP contribution in [0, 0.1) is 23.7 Å². The smallest absolute Gasteiger partial charge is 0.0575 e. The summed E-state index contributed by atoms with van der Waals surface area (Å²) in [5.41, 5.74) is 0. The molecular weight excluding hydrogens is 155 g/mol. The number of rotatable bonds is 0. The lowest BCUT2D eigenvalue weighted by molar-refractivity contribution is 0.488. The van der Waals surface area contributed by atoms with Crippen molar-refractivity contribution in [2.45, 2.75) is 16.2 Å². The Hall–Kier alpha value is 0.580. The fourth-order valence-electron chi connectivity index (χ4n) is 3.85. The Morgan fingerprint density at radius 1 is 1.00 bits per heavy atom. The maximum atomic E-state index is 6.27. The molecule has 0 aliphatic heterocycles. The fourth-order valence-corrected chi connectivity index (χ4v) is 5.59. The van der Waals surface area contributed by atoms with Crippen molar-refractivity contribution in [3.63, 3.8) is 0 Å². The largest absolute Gasteiger partial charge is 0.118 e. The van der Waals surface area contributed by atoms with Gasteiger partial charge in [0.1, 0.15) is 0 Å². The van der Waals surface area contributed by atoms with Crippen molar-refractivity contribution < 1.29 is 0 Å². The number of hydrogen-bond donors (Lipinski definition) is 0. The zero-order valence-electron chi connectivity index (χ0n) is 4.77. The van der Waals surface area contributed by atoms with E-state index < -0.39 is 0 Å². The van der Waals surface area contributed by atoms with Gasteiger partial charge in [0.25, 0.3) is 0 Å². The summed E-state index contributed by atoms with van der Waals surface area (Å²) in [4.78, 5) is 0.513. The second kappa shape index (κ2) is 0.753. The lowest BCUT2D eigenvalue weighted by Crippen LogP contribution is -2.30. The second-order valence-electron chi connectivity index (χ2n) is 4.06. The molecule has 0 heterocycles. The first-order valence-electron chi connectivity index (χ1n) is 3.59. The molecule has 5 rings (SSSR count). The molecule has 2 atom stereocenters. The molecule has 0 aromatic rings. The predicted octanol–water partition coefficient (Wildman–Crippen LogP) is 1.85. The van der Waals surface area contributed by atoms with Crippen molar-refractivity contribution in [3.05, 3.63) is 0 Å². The van der Waals surface area contributed by atoms with Gasteiger partial charge in [0.2, 0.25) is 0 Å². The van der Waals surface area contributed by atoms with Gasteiger partial charge in [-0.15, -0.1) is 23.2 Å². The van der Waals surface area contributed by atoms with E-state index in [1.54, 1.807) is 0 Å². The summed E-state index contributed by atoms with van der Waals surface area (Å²) in [6.45, 7) is 0. The van der Waals surface area contributed by atoms with E-state index in [2.05, 4.69) is 0 Å². The third-order valence-electron chi connectivity index (χ3n) is 4.14. The molecule has 0 nitrogen and oxygen atoms in total. The molecule has 0 aromatic heterocycles. The maximum absolute atomic E-state index is 6.27. The van der Waals surface area contributed by atoms with Crippen LogP contribution in [0.1, 0.15) is 6.42 Å². The summed E-state index contributed by atoms with van der Waals surface area (Å²) in [7, 11) is 0. The quantitative estimate of drug-likeness (QED) is 0.475. The molecular formula is C7H6Cl2. The van der Waals surface area contributed by atoms with Gasteiger partial charge in [-0.05, 0) is 18.3 Å². The van der Waals surface area contributed by atoms with E-state index in [1.165, 1.54) is 6.42 Å². The van der Waals surface area contributed by atoms with E-state index in [0.29, 0.717) is 0 Å². The minimum atomic E-state index is 0.256. The highest BCUT2D eigenvalue weighted by Gasteiger charge is 3.04. The van der Waals surface area contributed by atoms with Crippen molar-refractivity contribution in [1.29, 1.82) is 0 Å². The fraction of sp³-hybridized carbons (Fsp3) is 1.00. The molecule has 48 valence electrons. The van der Waals surface area contributed by atoms with Gasteiger partial charge >= 0.3 is 0 Å². The van der Waals surface area contributed by atoms with E-state index in [-0.39, 0.29) is 9.75 Å². The molecule has 0 aromatic carbocycles. The van der Waals surface area contributed by atoms with Crippen LogP contribution in [-0.4, -0.2) is 9.75 Å². The summed E-state index contributed by atoms with van der Waals surface area (Å²) >= 11 is 12.5. The summed E-state index contributed by atoms with van der Waals surface area (Å²) in [5, 5.41) is 0. The van der Waals surface area contributed by atoms with E-state index in [1.807, 2.05) is 0 Å². The highest BCUT2D eigenvalue weighted by atomic mass is 35.5. The maximum Gasteiger partial charge on any atom is 0.0575 e. The second-order valence-corrected chi connectivity index (χ2v) is 5.37. The molecule has 0 N–H and O–H groups in total. The Labute approximate surface area is 63.5 Å². The van der Waals surface area contributed by atoms with Crippen LogP contribution in [0.15, 0.2) is 0 Å². The van der Waals surface area contributed by atoms with E-state index in [4.69, 9.17) is 23.2 Å². The molecule has 9 heavy (non-hydrogen) atoms. The lowest BCUT2D eigenvalue weighted by atomic mass is 9.99. The van der Waals surface area contributed by atoms with Crippen LogP contribution in [0.4, 0.5) is 0 Å². The predicted molar refractivity (Wildman–Crippen MR) is 35.7 cm³/mol. The summed E-state index contributed by atoms with van der Waals surface area (Å²) in [5.74, 6) is 3.16. The van der Waals surface area contributed by atoms with Crippen molar-refractivity contribution in [1.82, 2.24) is 0 Å². The minimum absolute atomic E-state index is 0.256. The zero-order valence-corrected chi connectivity index (χ0v) is 6.28. The Morgan fingerprint density at radius 2 is 1.44 bits per heavy atom. The standard InChI is InChI=1S/C7H6Cl2/c8-6-2-1-3-5(6)7(3,9)4(2)6/h2-5H,1H2. The van der Waals surface area contributed by atoms with Gasteiger partial charge < -0.3 is 0 Å². The van der Waals surface area contributed by atoms with Crippen LogP contribution >= 0.6 is 23.2 Å². The van der Waals surface area contributed by atoms with Gasteiger partial charge in [-0.2, -0.15) is 0 Å². The van der Waals surface area contributed by atoms with E-state index in [0.717, 1.165) is 23.7 Å². The van der Waals surface area contributed by atoms with Gasteiger partial charge in [-0.3, -0.25) is 0 Å². The molecule has 0 spiro atoms. The summed E-state index contributed by atoms with van der Waals surface area (Å²) in [6.07, 6.45) is 1.35. The van der Waals surface area contributed by atoms with Crippen LogP contribution < -0.4 is 0 Å². The molecule has 0 radical (unpaired) electrons. The van der Waals surface area contributed by atoms with Crippen molar-refractivity contribution >= 4 is 23.2 Å². The minimum Gasteiger partial charge on any atom is -0.118 e. The Kier molecular flexibility index (Phi) is 0.373. The highest BCUT2D eigenvalue weighted by Crippen LogP contribution is 3.00. The third-order valence-corrected chi connectivity index (χ3v) is 5.64. The first kappa shape index (κ1) is 4.46. The lowest BCUT2D eigenvalue weighted by Gasteiger charge is -2.22. The SMILES string of the molecule is ClC12C3CC4C1C4(Cl)C32. The third kappa shape index (κ3) is 0.187. The van der Waals surface area contributed by atoms with Crippen LogP contribution in [0.25, 0.3) is 0 Å². The molecule has 2 heteroatoms. The molecule has 0 saturated heterocycles. The summed E-state index contributed by atoms with van der Waals surface area (Å²) < 4.78 is 0. The van der Waals surface area contributed by atoms with Gasteiger partial charge in [-0.25, -0.2) is 0 Å². The van der Waals surface area contributed by atoms with Gasteiger partial charge in [0.15, 0.2) is 0 Å². The molecule has 0 amide bonds. The van der Waals surface area contributed by atoms with Crippen LogP contribution in [-0.2, 0) is 0 Å². The average molecular weight is 161 g/mol. The van der Waals surface area contributed by atoms with Crippen molar-refractivity contribution in [2.75, 3.05) is 0 Å². The average Bonchev–Trinajstić information content (AvgIpc) is 2.38. The first-order chi connectivity index (χ1) is 4.22. The highest BCUT2D eigenvalue weighted by molar-refractivity contribution is 6.38. The first-order valence-corrected chi connectivity index (χ1v) is 4.35. The zero-order chi connectivity index (χ0) is 6.02.